The van der Waals surface area contributed by atoms with Crippen LogP contribution >= 0.6 is 11.3 Å². The maximum Gasteiger partial charge on any atom is 0.265 e. The Balaban J connectivity index is 1.34. The van der Waals surface area contributed by atoms with Crippen molar-refractivity contribution in [2.45, 2.75) is 6.92 Å². The number of hydrogen-bond acceptors (Lipinski definition) is 5. The molecule has 0 spiro atoms. The minimum absolute atomic E-state index is 0.0471. The molecule has 0 bridgehead atoms. The lowest BCUT2D eigenvalue weighted by atomic mass is 10.1. The molecule has 1 aliphatic rings. The molecule has 2 aromatic carbocycles. The van der Waals surface area contributed by atoms with Crippen LogP contribution in [0.4, 0.5) is 17.1 Å². The van der Waals surface area contributed by atoms with E-state index in [0.717, 1.165) is 15.9 Å². The van der Waals surface area contributed by atoms with E-state index in [0.29, 0.717) is 27.5 Å². The third-order valence-corrected chi connectivity index (χ3v) is 6.53. The zero-order valence-electron chi connectivity index (χ0n) is 17.4. The summed E-state index contributed by atoms with van der Waals surface area (Å²) in [5, 5.41) is 11.0. The quantitative estimate of drug-likeness (QED) is 0.501. The number of para-hydroxylation sites is 2. The second-order valence-corrected chi connectivity index (χ2v) is 8.56. The maximum absolute atomic E-state index is 13.0. The number of nitrogens with one attached hydrogen (secondary N) is 2. The molecule has 8 nitrogen and oxygen atoms in total. The fourth-order valence-electron chi connectivity index (χ4n) is 3.78. The predicted octanol–water partition coefficient (Wildman–Crippen LogP) is 3.79. The molecular weight excluding hydrogens is 426 g/mol. The summed E-state index contributed by atoms with van der Waals surface area (Å²) in [5.41, 5.74) is 3.15. The molecule has 0 saturated heterocycles. The van der Waals surface area contributed by atoms with Crippen LogP contribution < -0.4 is 15.5 Å². The van der Waals surface area contributed by atoms with Crippen LogP contribution in [0.1, 0.15) is 25.7 Å². The molecule has 32 heavy (non-hydrogen) atoms. The van der Waals surface area contributed by atoms with Gasteiger partial charge in [-0.25, -0.2) is 0 Å². The maximum atomic E-state index is 13.0. The Kier molecular flexibility index (Phi) is 4.75. The van der Waals surface area contributed by atoms with Crippen molar-refractivity contribution >= 4 is 56.3 Å². The molecular formula is C23H19N5O3S. The van der Waals surface area contributed by atoms with Crippen LogP contribution in [0, 0.1) is 6.92 Å². The van der Waals surface area contributed by atoms with Gasteiger partial charge in [0.2, 0.25) is 5.91 Å². The van der Waals surface area contributed by atoms with Crippen molar-refractivity contribution in [2.75, 3.05) is 22.1 Å². The first-order valence-electron chi connectivity index (χ1n) is 9.96. The second kappa shape index (κ2) is 7.61. The Bertz CT molecular complexity index is 1350. The summed E-state index contributed by atoms with van der Waals surface area (Å²) in [4.78, 5) is 40.7. The highest BCUT2D eigenvalue weighted by atomic mass is 32.1. The van der Waals surface area contributed by atoms with E-state index in [9.17, 15) is 14.4 Å². The number of amides is 3. The average molecular weight is 446 g/mol. The molecule has 0 saturated carbocycles. The van der Waals surface area contributed by atoms with Gasteiger partial charge in [0.05, 0.1) is 21.9 Å². The van der Waals surface area contributed by atoms with Gasteiger partial charge >= 0.3 is 0 Å². The van der Waals surface area contributed by atoms with Gasteiger partial charge in [-0.2, -0.15) is 5.10 Å². The number of nitrogens with zero attached hydrogens (tertiary/aromatic N) is 3. The zero-order chi connectivity index (χ0) is 22.4. The molecule has 0 unspecified atom stereocenters. The molecule has 0 radical (unpaired) electrons. The summed E-state index contributed by atoms with van der Waals surface area (Å²) in [5.74, 6) is -0.737. The molecule has 1 aliphatic heterocycles. The van der Waals surface area contributed by atoms with Crippen molar-refractivity contribution in [1.82, 2.24) is 9.78 Å². The number of thiophene rings is 1. The van der Waals surface area contributed by atoms with Gasteiger partial charge in [-0.1, -0.05) is 12.1 Å². The number of aromatic nitrogens is 2. The second-order valence-electron chi connectivity index (χ2n) is 7.53. The highest BCUT2D eigenvalue weighted by Gasteiger charge is 2.27. The number of hydrogen-bond donors (Lipinski definition) is 2. The summed E-state index contributed by atoms with van der Waals surface area (Å²) in [6, 6.07) is 15.7. The first-order chi connectivity index (χ1) is 15.4. The Morgan fingerprint density at radius 1 is 1.12 bits per heavy atom. The Labute approximate surface area is 187 Å². The van der Waals surface area contributed by atoms with Crippen LogP contribution in [-0.4, -0.2) is 34.0 Å². The number of rotatable bonds is 3. The van der Waals surface area contributed by atoms with Crippen molar-refractivity contribution in [1.29, 1.82) is 0 Å². The molecule has 3 amide bonds. The van der Waals surface area contributed by atoms with Crippen LogP contribution in [0.15, 0.2) is 54.6 Å². The van der Waals surface area contributed by atoms with E-state index >= 15 is 0 Å². The summed E-state index contributed by atoms with van der Waals surface area (Å²) in [6.07, 6.45) is 0. The smallest absolute Gasteiger partial charge is 0.265 e. The standard InChI is InChI=1S/C23H19N5O3S/c1-13-16-11-19(32-23(16)27(2)26-13)21(30)24-15-9-7-14(8-10-15)22(31)28-12-20(29)25-17-5-3-4-6-18(17)28/h3-11H,12H2,1-2H3,(H,24,30)(H,25,29). The molecule has 160 valence electrons. The van der Waals surface area contributed by atoms with Crippen LogP contribution in [-0.2, 0) is 11.8 Å². The molecule has 0 atom stereocenters. The molecule has 2 N–H and O–H groups in total. The summed E-state index contributed by atoms with van der Waals surface area (Å²) < 4.78 is 1.77. The number of benzene rings is 2. The van der Waals surface area contributed by atoms with Crippen molar-refractivity contribution in [3.05, 3.63) is 70.7 Å². The molecule has 4 aromatic rings. The van der Waals surface area contributed by atoms with Crippen molar-refractivity contribution in [3.8, 4) is 0 Å². The number of aryl methyl sites for hydroxylation is 2. The van der Waals surface area contributed by atoms with E-state index in [2.05, 4.69) is 15.7 Å². The largest absolute Gasteiger partial charge is 0.323 e. The SMILES string of the molecule is Cc1nn(C)c2sc(C(=O)Nc3ccc(C(=O)N4CC(=O)Nc5ccccc54)cc3)cc12. The van der Waals surface area contributed by atoms with Gasteiger partial charge < -0.3 is 10.6 Å². The minimum Gasteiger partial charge on any atom is -0.323 e. The highest BCUT2D eigenvalue weighted by molar-refractivity contribution is 7.20. The number of fused-ring (bicyclic) bond motifs is 2. The normalized spacial score (nSPS) is 13.1. The van der Waals surface area contributed by atoms with Crippen LogP contribution in [0.5, 0.6) is 0 Å². The fourth-order valence-corrected chi connectivity index (χ4v) is 4.79. The van der Waals surface area contributed by atoms with Gasteiger partial charge in [0.1, 0.15) is 11.4 Å². The minimum atomic E-state index is -0.280. The summed E-state index contributed by atoms with van der Waals surface area (Å²) >= 11 is 1.38. The lowest BCUT2D eigenvalue weighted by Gasteiger charge is -2.29. The van der Waals surface area contributed by atoms with Gasteiger partial charge in [-0.3, -0.25) is 24.0 Å². The molecule has 5 rings (SSSR count). The Morgan fingerprint density at radius 3 is 2.62 bits per heavy atom. The molecule has 0 aliphatic carbocycles. The molecule has 2 aromatic heterocycles. The lowest BCUT2D eigenvalue weighted by Crippen LogP contribution is -2.42. The first kappa shape index (κ1) is 20.0. The van der Waals surface area contributed by atoms with E-state index in [4.69, 9.17) is 0 Å². The van der Waals surface area contributed by atoms with Crippen molar-refractivity contribution < 1.29 is 14.4 Å². The van der Waals surface area contributed by atoms with E-state index in [1.807, 2.05) is 26.1 Å². The van der Waals surface area contributed by atoms with Crippen LogP contribution in [0.3, 0.4) is 0 Å². The Morgan fingerprint density at radius 2 is 1.88 bits per heavy atom. The van der Waals surface area contributed by atoms with E-state index < -0.39 is 0 Å². The summed E-state index contributed by atoms with van der Waals surface area (Å²) in [6.45, 7) is 1.87. The Hall–Kier alpha value is -3.98. The summed E-state index contributed by atoms with van der Waals surface area (Å²) in [7, 11) is 1.85. The van der Waals surface area contributed by atoms with Crippen molar-refractivity contribution in [3.63, 3.8) is 0 Å². The van der Waals surface area contributed by atoms with Crippen molar-refractivity contribution in [2.24, 2.45) is 7.05 Å². The fraction of sp³-hybridized carbons (Fsp3) is 0.130. The van der Waals surface area contributed by atoms with Crippen LogP contribution in [0.25, 0.3) is 10.2 Å². The van der Waals surface area contributed by atoms with E-state index in [1.54, 1.807) is 47.1 Å². The monoisotopic (exact) mass is 445 g/mol. The highest BCUT2D eigenvalue weighted by Crippen LogP contribution is 2.31. The van der Waals surface area contributed by atoms with Gasteiger partial charge in [-0.05, 0) is 49.4 Å². The third-order valence-electron chi connectivity index (χ3n) is 5.33. The van der Waals surface area contributed by atoms with Crippen LogP contribution in [0.2, 0.25) is 0 Å². The zero-order valence-corrected chi connectivity index (χ0v) is 18.2. The molecule has 3 heterocycles. The average Bonchev–Trinajstić information content (AvgIpc) is 3.34. The molecule has 0 fully saturated rings. The topological polar surface area (TPSA) is 96.3 Å². The van der Waals surface area contributed by atoms with Gasteiger partial charge in [-0.15, -0.1) is 11.3 Å². The first-order valence-corrected chi connectivity index (χ1v) is 10.8. The number of carbonyl (C=O) groups excluding carboxylic acids is 3. The molecule has 9 heteroatoms. The number of anilines is 3. The van der Waals surface area contributed by atoms with Gasteiger partial charge in [0.25, 0.3) is 11.8 Å². The number of carbonyl (C=O) groups is 3. The van der Waals surface area contributed by atoms with E-state index in [1.165, 1.54) is 16.2 Å². The predicted molar refractivity (Wildman–Crippen MR) is 124 cm³/mol. The third kappa shape index (κ3) is 3.42. The van der Waals surface area contributed by atoms with Gasteiger partial charge in [0.15, 0.2) is 0 Å². The lowest BCUT2D eigenvalue weighted by molar-refractivity contribution is -0.115. The van der Waals surface area contributed by atoms with E-state index in [-0.39, 0.29) is 24.3 Å². The van der Waals surface area contributed by atoms with Gasteiger partial charge in [0, 0.05) is 23.7 Å².